The molecule has 3 nitrogen and oxygen atoms in total. The van der Waals surface area contributed by atoms with Gasteiger partial charge in [-0.05, 0) is 43.7 Å². The molecule has 1 aromatic rings. The summed E-state index contributed by atoms with van der Waals surface area (Å²) in [7, 11) is 0. The quantitative estimate of drug-likeness (QED) is 0.837. The summed E-state index contributed by atoms with van der Waals surface area (Å²) in [6.45, 7) is 2.24. The minimum atomic E-state index is 0.135. The summed E-state index contributed by atoms with van der Waals surface area (Å²) in [6, 6.07) is 7.25. The highest BCUT2D eigenvalue weighted by Crippen LogP contribution is 2.12. The Morgan fingerprint density at radius 3 is 2.76 bits per heavy atom. The van der Waals surface area contributed by atoms with Crippen LogP contribution >= 0.6 is 11.6 Å². The van der Waals surface area contributed by atoms with Gasteiger partial charge in [0.1, 0.15) is 0 Å². The van der Waals surface area contributed by atoms with Crippen LogP contribution in [0.2, 0.25) is 5.02 Å². The van der Waals surface area contributed by atoms with Gasteiger partial charge in [0.25, 0.3) is 0 Å². The van der Waals surface area contributed by atoms with Crippen LogP contribution in [0.4, 0.5) is 0 Å². The molecule has 92 valence electrons. The van der Waals surface area contributed by atoms with Gasteiger partial charge in [-0.25, -0.2) is 0 Å². The minimum absolute atomic E-state index is 0.135. The SMILES string of the molecule is NC1CCCN(CC(=O)c2ccc(Cl)cc2)C1. The zero-order valence-corrected chi connectivity index (χ0v) is 10.5. The summed E-state index contributed by atoms with van der Waals surface area (Å²) in [5, 5.41) is 0.654. The van der Waals surface area contributed by atoms with E-state index >= 15 is 0 Å². The van der Waals surface area contributed by atoms with Crippen molar-refractivity contribution in [2.75, 3.05) is 19.6 Å². The van der Waals surface area contributed by atoms with Gasteiger partial charge < -0.3 is 5.73 Å². The van der Waals surface area contributed by atoms with E-state index in [0.717, 1.165) is 25.9 Å². The predicted molar refractivity (Wildman–Crippen MR) is 69.4 cm³/mol. The fourth-order valence-electron chi connectivity index (χ4n) is 2.17. The van der Waals surface area contributed by atoms with E-state index in [9.17, 15) is 4.79 Å². The Bertz CT molecular complexity index is 391. The van der Waals surface area contributed by atoms with Crippen molar-refractivity contribution in [3.63, 3.8) is 0 Å². The summed E-state index contributed by atoms with van der Waals surface area (Å²) in [6.07, 6.45) is 2.14. The number of hydrogen-bond donors (Lipinski definition) is 1. The molecule has 1 heterocycles. The van der Waals surface area contributed by atoms with Gasteiger partial charge in [0.05, 0.1) is 6.54 Å². The van der Waals surface area contributed by atoms with E-state index in [1.807, 2.05) is 0 Å². The van der Waals surface area contributed by atoms with Crippen molar-refractivity contribution in [1.82, 2.24) is 4.90 Å². The summed E-state index contributed by atoms with van der Waals surface area (Å²) >= 11 is 5.79. The molecule has 0 saturated carbocycles. The van der Waals surface area contributed by atoms with Crippen LogP contribution in [0.15, 0.2) is 24.3 Å². The number of halogens is 1. The highest BCUT2D eigenvalue weighted by molar-refractivity contribution is 6.30. The van der Waals surface area contributed by atoms with Gasteiger partial charge in [-0.2, -0.15) is 0 Å². The van der Waals surface area contributed by atoms with Gasteiger partial charge in [-0.1, -0.05) is 11.6 Å². The second kappa shape index (κ2) is 5.63. The molecular formula is C13H17ClN2O. The lowest BCUT2D eigenvalue weighted by Gasteiger charge is -2.29. The molecule has 1 aliphatic rings. The van der Waals surface area contributed by atoms with Crippen molar-refractivity contribution in [2.45, 2.75) is 18.9 Å². The molecule has 1 aromatic carbocycles. The van der Waals surface area contributed by atoms with E-state index in [1.165, 1.54) is 0 Å². The molecule has 1 unspecified atom stereocenters. The van der Waals surface area contributed by atoms with Gasteiger partial charge in [0, 0.05) is 23.2 Å². The molecule has 1 fully saturated rings. The van der Waals surface area contributed by atoms with Crippen molar-refractivity contribution < 1.29 is 4.79 Å². The summed E-state index contributed by atoms with van der Waals surface area (Å²) in [5.74, 6) is 0.135. The van der Waals surface area contributed by atoms with Crippen LogP contribution in [-0.4, -0.2) is 36.4 Å². The maximum Gasteiger partial charge on any atom is 0.176 e. The highest BCUT2D eigenvalue weighted by atomic mass is 35.5. The molecule has 1 saturated heterocycles. The first-order valence-corrected chi connectivity index (χ1v) is 6.29. The third kappa shape index (κ3) is 3.53. The Morgan fingerprint density at radius 1 is 1.41 bits per heavy atom. The van der Waals surface area contributed by atoms with Crippen LogP contribution in [0, 0.1) is 0 Å². The Balaban J connectivity index is 1.94. The third-order valence-corrected chi connectivity index (χ3v) is 3.33. The van der Waals surface area contributed by atoms with Gasteiger partial charge in [0.2, 0.25) is 0 Å². The zero-order valence-electron chi connectivity index (χ0n) is 9.73. The average molecular weight is 253 g/mol. The lowest BCUT2D eigenvalue weighted by atomic mass is 10.1. The number of ketones is 1. The first kappa shape index (κ1) is 12.6. The lowest BCUT2D eigenvalue weighted by Crippen LogP contribution is -2.44. The topological polar surface area (TPSA) is 46.3 Å². The molecule has 4 heteroatoms. The van der Waals surface area contributed by atoms with Crippen molar-refractivity contribution in [2.24, 2.45) is 5.73 Å². The first-order chi connectivity index (χ1) is 8.15. The largest absolute Gasteiger partial charge is 0.327 e. The number of piperidine rings is 1. The smallest absolute Gasteiger partial charge is 0.176 e. The Kier molecular flexibility index (Phi) is 4.15. The standard InChI is InChI=1S/C13H17ClN2O/c14-11-5-3-10(4-6-11)13(17)9-16-7-1-2-12(15)8-16/h3-6,12H,1-2,7-9,15H2. The fraction of sp³-hybridized carbons (Fsp3) is 0.462. The van der Waals surface area contributed by atoms with Crippen molar-refractivity contribution in [3.8, 4) is 0 Å². The van der Waals surface area contributed by atoms with Gasteiger partial charge >= 0.3 is 0 Å². The van der Waals surface area contributed by atoms with E-state index < -0.39 is 0 Å². The molecule has 0 radical (unpaired) electrons. The molecule has 0 aliphatic carbocycles. The van der Waals surface area contributed by atoms with Gasteiger partial charge in [-0.15, -0.1) is 0 Å². The van der Waals surface area contributed by atoms with E-state index in [4.69, 9.17) is 17.3 Å². The molecule has 1 atom stereocenters. The number of carbonyl (C=O) groups excluding carboxylic acids is 1. The van der Waals surface area contributed by atoms with Gasteiger partial charge in [-0.3, -0.25) is 9.69 Å². The van der Waals surface area contributed by atoms with Crippen LogP contribution in [0.1, 0.15) is 23.2 Å². The molecule has 0 bridgehead atoms. The number of nitrogens with zero attached hydrogens (tertiary/aromatic N) is 1. The Morgan fingerprint density at radius 2 is 2.12 bits per heavy atom. The molecule has 1 aliphatic heterocycles. The van der Waals surface area contributed by atoms with Crippen LogP contribution in [0.25, 0.3) is 0 Å². The molecule has 2 N–H and O–H groups in total. The summed E-state index contributed by atoms with van der Waals surface area (Å²) < 4.78 is 0. The fourth-order valence-corrected chi connectivity index (χ4v) is 2.29. The Hall–Kier alpha value is -0.900. The van der Waals surface area contributed by atoms with Crippen molar-refractivity contribution >= 4 is 17.4 Å². The monoisotopic (exact) mass is 252 g/mol. The second-order valence-corrected chi connectivity index (χ2v) is 5.00. The van der Waals surface area contributed by atoms with Gasteiger partial charge in [0.15, 0.2) is 5.78 Å². The number of rotatable bonds is 3. The minimum Gasteiger partial charge on any atom is -0.327 e. The zero-order chi connectivity index (χ0) is 12.3. The summed E-state index contributed by atoms with van der Waals surface area (Å²) in [5.41, 5.74) is 6.61. The molecule has 0 aromatic heterocycles. The number of benzene rings is 1. The normalized spacial score (nSPS) is 21.4. The summed E-state index contributed by atoms with van der Waals surface area (Å²) in [4.78, 5) is 14.1. The van der Waals surface area contributed by atoms with Crippen LogP contribution in [-0.2, 0) is 0 Å². The number of carbonyl (C=O) groups is 1. The number of likely N-dealkylation sites (tertiary alicyclic amines) is 1. The second-order valence-electron chi connectivity index (χ2n) is 4.57. The molecule has 2 rings (SSSR count). The van der Waals surface area contributed by atoms with E-state index in [1.54, 1.807) is 24.3 Å². The molecule has 0 amide bonds. The Labute approximate surface area is 107 Å². The van der Waals surface area contributed by atoms with Crippen LogP contribution in [0.5, 0.6) is 0 Å². The average Bonchev–Trinajstić information content (AvgIpc) is 2.29. The van der Waals surface area contributed by atoms with E-state index in [-0.39, 0.29) is 11.8 Å². The highest BCUT2D eigenvalue weighted by Gasteiger charge is 2.19. The van der Waals surface area contributed by atoms with Crippen molar-refractivity contribution in [3.05, 3.63) is 34.9 Å². The first-order valence-electron chi connectivity index (χ1n) is 5.92. The molecular weight excluding hydrogens is 236 g/mol. The molecule has 17 heavy (non-hydrogen) atoms. The van der Waals surface area contributed by atoms with E-state index in [0.29, 0.717) is 17.1 Å². The van der Waals surface area contributed by atoms with Crippen molar-refractivity contribution in [1.29, 1.82) is 0 Å². The van der Waals surface area contributed by atoms with Crippen LogP contribution < -0.4 is 5.73 Å². The molecule has 0 spiro atoms. The maximum atomic E-state index is 12.0. The van der Waals surface area contributed by atoms with Crippen LogP contribution in [0.3, 0.4) is 0 Å². The maximum absolute atomic E-state index is 12.0. The third-order valence-electron chi connectivity index (χ3n) is 3.08. The lowest BCUT2D eigenvalue weighted by molar-refractivity contribution is 0.0908. The predicted octanol–water partition coefficient (Wildman–Crippen LogP) is 1.95. The number of nitrogens with two attached hydrogens (primary N) is 1. The van der Waals surface area contributed by atoms with E-state index in [2.05, 4.69) is 4.90 Å². The number of hydrogen-bond acceptors (Lipinski definition) is 3. The number of Topliss-reactive ketones (excluding diaryl/α,β-unsaturated/α-hetero) is 1.